The van der Waals surface area contributed by atoms with E-state index in [0.29, 0.717) is 31.5 Å². The van der Waals surface area contributed by atoms with Crippen molar-refractivity contribution in [2.24, 2.45) is 5.92 Å². The summed E-state index contributed by atoms with van der Waals surface area (Å²) in [6.45, 7) is 1.06. The lowest BCUT2D eigenvalue weighted by Crippen LogP contribution is -2.45. The third-order valence-electron chi connectivity index (χ3n) is 6.33. The average molecular weight is 445 g/mol. The number of nitrogens with one attached hydrogen (secondary N) is 1. The monoisotopic (exact) mass is 444 g/mol. The number of amides is 2. The lowest BCUT2D eigenvalue weighted by Gasteiger charge is -2.32. The number of hydrogen-bond acceptors (Lipinski definition) is 2. The molecule has 1 aliphatic rings. The highest BCUT2D eigenvalue weighted by atomic mass is 19.1. The zero-order valence-corrected chi connectivity index (χ0v) is 18.6. The predicted octanol–water partition coefficient (Wildman–Crippen LogP) is 4.90. The van der Waals surface area contributed by atoms with Crippen LogP contribution in [0.2, 0.25) is 0 Å². The number of likely N-dealkylation sites (tertiary alicyclic amines) is 1. The molecule has 170 valence electrons. The van der Waals surface area contributed by atoms with Crippen molar-refractivity contribution in [2.45, 2.75) is 31.7 Å². The van der Waals surface area contributed by atoms with E-state index in [-0.39, 0.29) is 36.0 Å². The SMILES string of the molecule is O=C(NCCC(c1ccccc1)c1ccccc1)[C@@H]1CCC(=O)N(Cc2ccccc2F)C1. The van der Waals surface area contributed by atoms with Gasteiger partial charge in [-0.25, -0.2) is 4.39 Å². The minimum atomic E-state index is -0.329. The lowest BCUT2D eigenvalue weighted by atomic mass is 9.88. The van der Waals surface area contributed by atoms with E-state index in [9.17, 15) is 14.0 Å². The average Bonchev–Trinajstić information content (AvgIpc) is 2.85. The highest BCUT2D eigenvalue weighted by molar-refractivity contribution is 5.83. The molecule has 33 heavy (non-hydrogen) atoms. The van der Waals surface area contributed by atoms with Crippen molar-refractivity contribution in [3.05, 3.63) is 107 Å². The van der Waals surface area contributed by atoms with E-state index in [1.54, 1.807) is 23.1 Å². The van der Waals surface area contributed by atoms with E-state index in [4.69, 9.17) is 0 Å². The van der Waals surface area contributed by atoms with Crippen LogP contribution in [0.4, 0.5) is 4.39 Å². The summed E-state index contributed by atoms with van der Waals surface area (Å²) < 4.78 is 14.0. The Morgan fingerprint density at radius 3 is 2.18 bits per heavy atom. The van der Waals surface area contributed by atoms with Gasteiger partial charge in [-0.15, -0.1) is 0 Å². The van der Waals surface area contributed by atoms with Gasteiger partial charge in [0.25, 0.3) is 0 Å². The molecule has 1 atom stereocenters. The third kappa shape index (κ3) is 5.86. The Hall–Kier alpha value is -3.47. The van der Waals surface area contributed by atoms with Gasteiger partial charge >= 0.3 is 0 Å². The first-order valence-corrected chi connectivity index (χ1v) is 11.5. The largest absolute Gasteiger partial charge is 0.356 e. The number of hydrogen-bond donors (Lipinski definition) is 1. The summed E-state index contributed by atoms with van der Waals surface area (Å²) in [5.74, 6) is -0.485. The molecule has 5 heteroatoms. The van der Waals surface area contributed by atoms with Crippen LogP contribution in [0.5, 0.6) is 0 Å². The van der Waals surface area contributed by atoms with Gasteiger partial charge in [-0.3, -0.25) is 9.59 Å². The second kappa shape index (κ2) is 10.9. The van der Waals surface area contributed by atoms with Gasteiger partial charge in [0.2, 0.25) is 11.8 Å². The Morgan fingerprint density at radius 1 is 0.939 bits per heavy atom. The fourth-order valence-corrected chi connectivity index (χ4v) is 4.49. The summed E-state index contributed by atoms with van der Waals surface area (Å²) in [6, 6.07) is 27.1. The van der Waals surface area contributed by atoms with Crippen molar-refractivity contribution in [3.8, 4) is 0 Å². The van der Waals surface area contributed by atoms with E-state index in [2.05, 4.69) is 29.6 Å². The van der Waals surface area contributed by atoms with Crippen LogP contribution in [0.25, 0.3) is 0 Å². The van der Waals surface area contributed by atoms with Gasteiger partial charge in [0.15, 0.2) is 0 Å². The normalized spacial score (nSPS) is 16.1. The Labute approximate surface area is 194 Å². The smallest absolute Gasteiger partial charge is 0.224 e. The first-order valence-electron chi connectivity index (χ1n) is 11.5. The fourth-order valence-electron chi connectivity index (χ4n) is 4.49. The van der Waals surface area contributed by atoms with E-state index in [0.717, 1.165) is 6.42 Å². The lowest BCUT2D eigenvalue weighted by molar-refractivity contribution is -0.138. The van der Waals surface area contributed by atoms with Crippen molar-refractivity contribution in [3.63, 3.8) is 0 Å². The van der Waals surface area contributed by atoms with Crippen LogP contribution < -0.4 is 5.32 Å². The molecule has 3 aromatic rings. The predicted molar refractivity (Wildman–Crippen MR) is 127 cm³/mol. The Bertz CT molecular complexity index is 1030. The minimum Gasteiger partial charge on any atom is -0.356 e. The maximum absolute atomic E-state index is 14.0. The van der Waals surface area contributed by atoms with E-state index < -0.39 is 0 Å². The fraction of sp³-hybridized carbons (Fsp3) is 0.286. The van der Waals surface area contributed by atoms with Crippen LogP contribution in [-0.2, 0) is 16.1 Å². The van der Waals surface area contributed by atoms with E-state index in [1.807, 2.05) is 36.4 Å². The Balaban J connectivity index is 1.35. The summed E-state index contributed by atoms with van der Waals surface area (Å²) in [6.07, 6.45) is 1.62. The van der Waals surface area contributed by atoms with Gasteiger partial charge in [-0.1, -0.05) is 78.9 Å². The molecular weight excluding hydrogens is 415 g/mol. The number of nitrogens with zero attached hydrogens (tertiary/aromatic N) is 1. The number of carbonyl (C=O) groups excluding carboxylic acids is 2. The second-order valence-electron chi connectivity index (χ2n) is 8.55. The zero-order chi connectivity index (χ0) is 23.0. The summed E-state index contributed by atoms with van der Waals surface area (Å²) in [7, 11) is 0. The molecule has 0 radical (unpaired) electrons. The van der Waals surface area contributed by atoms with Crippen molar-refractivity contribution in [2.75, 3.05) is 13.1 Å². The quantitative estimate of drug-likeness (QED) is 0.537. The number of carbonyl (C=O) groups is 2. The standard InChI is InChI=1S/C28H29FN2O2/c29-26-14-8-7-13-23(26)19-31-20-24(15-16-27(31)32)28(33)30-18-17-25(21-9-3-1-4-10-21)22-11-5-2-6-12-22/h1-14,24-25H,15-20H2,(H,30,33)/t24-/m1/s1. The summed E-state index contributed by atoms with van der Waals surface area (Å²) in [4.78, 5) is 26.9. The maximum Gasteiger partial charge on any atom is 0.224 e. The number of rotatable bonds is 8. The second-order valence-corrected chi connectivity index (χ2v) is 8.55. The molecule has 0 aromatic heterocycles. The summed E-state index contributed by atoms with van der Waals surface area (Å²) >= 11 is 0. The molecule has 4 nitrogen and oxygen atoms in total. The first-order chi connectivity index (χ1) is 16.1. The van der Waals surface area contributed by atoms with Crippen LogP contribution in [0.3, 0.4) is 0 Å². The van der Waals surface area contributed by atoms with Gasteiger partial charge < -0.3 is 10.2 Å². The molecule has 1 heterocycles. The topological polar surface area (TPSA) is 49.4 Å². The van der Waals surface area contributed by atoms with Crippen LogP contribution in [0.15, 0.2) is 84.9 Å². The van der Waals surface area contributed by atoms with Crippen molar-refractivity contribution in [1.82, 2.24) is 10.2 Å². The van der Waals surface area contributed by atoms with E-state index in [1.165, 1.54) is 17.2 Å². The van der Waals surface area contributed by atoms with Crippen LogP contribution in [-0.4, -0.2) is 29.8 Å². The van der Waals surface area contributed by atoms with Crippen LogP contribution in [0.1, 0.15) is 41.9 Å². The molecule has 0 unspecified atom stereocenters. The molecule has 1 N–H and O–H groups in total. The highest BCUT2D eigenvalue weighted by Gasteiger charge is 2.30. The van der Waals surface area contributed by atoms with Gasteiger partial charge in [0, 0.05) is 37.5 Å². The van der Waals surface area contributed by atoms with Crippen molar-refractivity contribution >= 4 is 11.8 Å². The third-order valence-corrected chi connectivity index (χ3v) is 6.33. The summed E-state index contributed by atoms with van der Waals surface area (Å²) in [5.41, 5.74) is 2.91. The van der Waals surface area contributed by atoms with Crippen molar-refractivity contribution < 1.29 is 14.0 Å². The number of halogens is 1. The van der Waals surface area contributed by atoms with Crippen molar-refractivity contribution in [1.29, 1.82) is 0 Å². The molecule has 0 saturated carbocycles. The molecule has 1 fully saturated rings. The highest BCUT2D eigenvalue weighted by Crippen LogP contribution is 2.27. The molecule has 0 bridgehead atoms. The molecule has 1 saturated heterocycles. The number of benzene rings is 3. The molecule has 2 amide bonds. The number of piperidine rings is 1. The Morgan fingerprint density at radius 2 is 1.55 bits per heavy atom. The molecule has 0 spiro atoms. The van der Waals surface area contributed by atoms with Crippen LogP contribution in [0, 0.1) is 11.7 Å². The molecule has 3 aromatic carbocycles. The molecule has 4 rings (SSSR count). The summed E-state index contributed by atoms with van der Waals surface area (Å²) in [5, 5.41) is 3.08. The van der Waals surface area contributed by atoms with E-state index >= 15 is 0 Å². The first kappa shape index (κ1) is 22.7. The van der Waals surface area contributed by atoms with Crippen LogP contribution >= 0.6 is 0 Å². The molecule has 1 aliphatic heterocycles. The molecular formula is C28H29FN2O2. The maximum atomic E-state index is 14.0. The van der Waals surface area contributed by atoms with Gasteiger partial charge in [0.1, 0.15) is 5.82 Å². The molecule has 0 aliphatic carbocycles. The zero-order valence-electron chi connectivity index (χ0n) is 18.6. The van der Waals surface area contributed by atoms with Gasteiger partial charge in [0.05, 0.1) is 5.92 Å². The minimum absolute atomic E-state index is 0.0319. The van der Waals surface area contributed by atoms with Gasteiger partial charge in [-0.05, 0) is 30.0 Å². The Kier molecular flexibility index (Phi) is 7.51. The van der Waals surface area contributed by atoms with Gasteiger partial charge in [-0.2, -0.15) is 0 Å².